The van der Waals surface area contributed by atoms with E-state index in [9.17, 15) is 9.90 Å². The molecule has 178 valence electrons. The molecule has 0 heterocycles. The van der Waals surface area contributed by atoms with Gasteiger partial charge in [0.05, 0.1) is 14.2 Å². The molecule has 0 aromatic heterocycles. The molecule has 33 heavy (non-hydrogen) atoms. The van der Waals surface area contributed by atoms with Gasteiger partial charge in [0.15, 0.2) is 0 Å². The maximum Gasteiger partial charge on any atom is 0.321 e. The van der Waals surface area contributed by atoms with E-state index < -0.39 is 11.9 Å². The first-order chi connectivity index (χ1) is 15.9. The Kier molecular flexibility index (Phi) is 10.3. The molecule has 0 unspecified atom stereocenters. The molecule has 0 N–H and O–H groups in total. The van der Waals surface area contributed by atoms with E-state index in [0.717, 1.165) is 35.5 Å². The van der Waals surface area contributed by atoms with Crippen LogP contribution in [0.4, 0.5) is 0 Å². The van der Waals surface area contributed by atoms with E-state index in [0.29, 0.717) is 19.6 Å². The third kappa shape index (κ3) is 7.56. The molecule has 2 aromatic rings. The van der Waals surface area contributed by atoms with Gasteiger partial charge >= 0.3 is 5.91 Å². The van der Waals surface area contributed by atoms with Crippen molar-refractivity contribution in [2.75, 3.05) is 27.4 Å². The van der Waals surface area contributed by atoms with Crippen LogP contribution in [0.15, 0.2) is 60.2 Å². The van der Waals surface area contributed by atoms with E-state index in [1.807, 2.05) is 55.5 Å². The number of unbranched alkanes of at least 4 members (excludes halogenated alkanes) is 1. The molecule has 7 heteroatoms. The fourth-order valence-corrected chi connectivity index (χ4v) is 3.26. The van der Waals surface area contributed by atoms with E-state index in [-0.39, 0.29) is 12.3 Å². The predicted molar refractivity (Wildman–Crippen MR) is 126 cm³/mol. The van der Waals surface area contributed by atoms with Crippen LogP contribution in [0.2, 0.25) is 0 Å². The number of hydrogen-bond acceptors (Lipinski definition) is 5. The van der Waals surface area contributed by atoms with Crippen molar-refractivity contribution in [1.29, 1.82) is 0 Å². The first kappa shape index (κ1) is 25.8. The highest BCUT2D eigenvalue weighted by Crippen LogP contribution is 2.19. The molecule has 0 spiro atoms. The Bertz CT molecular complexity index is 887. The van der Waals surface area contributed by atoms with Gasteiger partial charge in [0, 0.05) is 19.5 Å². The summed E-state index contributed by atoms with van der Waals surface area (Å²) in [6.07, 6.45) is 1.72. The second-order valence-corrected chi connectivity index (χ2v) is 7.54. The Balaban J connectivity index is 2.40. The van der Waals surface area contributed by atoms with Crippen LogP contribution in [0, 0.1) is 0 Å². The second kappa shape index (κ2) is 13.2. The van der Waals surface area contributed by atoms with E-state index >= 15 is 0 Å². The summed E-state index contributed by atoms with van der Waals surface area (Å²) in [7, 11) is 3.21. The minimum Gasteiger partial charge on any atom is -0.609 e. The van der Waals surface area contributed by atoms with Gasteiger partial charge in [-0.1, -0.05) is 44.5 Å². The number of rotatable bonds is 13. The molecular weight excluding hydrogens is 420 g/mol. The van der Waals surface area contributed by atoms with Gasteiger partial charge in [0.1, 0.15) is 30.7 Å². The Morgan fingerprint density at radius 1 is 0.939 bits per heavy atom. The van der Waals surface area contributed by atoms with E-state index in [1.54, 1.807) is 26.0 Å². The lowest BCUT2D eigenvalue weighted by Crippen LogP contribution is -2.37. The Morgan fingerprint density at radius 2 is 1.42 bits per heavy atom. The summed E-state index contributed by atoms with van der Waals surface area (Å²) in [5.74, 6) is 0.373. The number of carbonyl (C=O) groups excluding carboxylic acids is 1. The number of nitrogens with zero attached hydrogens (tertiary/aromatic N) is 2. The highest BCUT2D eigenvalue weighted by molar-refractivity contribution is 5.91. The number of carbonyl (C=O) groups is 1. The van der Waals surface area contributed by atoms with Crippen molar-refractivity contribution in [3.63, 3.8) is 0 Å². The van der Waals surface area contributed by atoms with Gasteiger partial charge in [-0.25, -0.2) is 0 Å². The molecule has 0 fully saturated rings. The van der Waals surface area contributed by atoms with Gasteiger partial charge < -0.3 is 24.2 Å². The standard InChI is InChI=1S/C26H34N2O5/c1-6-8-17-27(3)24(26(30)33-7-2)25(29)28(18-20-9-13-22(31-4)14-10-20)19-21-11-15-23(32-5)16-12-21/h9-16H,3,6-8,17-19H2,1-2,4-5H3. The van der Waals surface area contributed by atoms with Gasteiger partial charge in [0.2, 0.25) is 0 Å². The van der Waals surface area contributed by atoms with Crippen molar-refractivity contribution >= 4 is 12.6 Å². The molecule has 0 bridgehead atoms. The molecule has 7 nitrogen and oxygen atoms in total. The fraction of sp³-hybridized carbons (Fsp3) is 0.385. The molecule has 0 saturated carbocycles. The van der Waals surface area contributed by atoms with Crippen LogP contribution in [0.25, 0.3) is 0 Å². The summed E-state index contributed by atoms with van der Waals surface area (Å²) in [4.78, 5) is 15.3. The fourth-order valence-electron chi connectivity index (χ4n) is 3.26. The van der Waals surface area contributed by atoms with E-state index in [2.05, 4.69) is 6.72 Å². The lowest BCUT2D eigenvalue weighted by Gasteiger charge is -2.25. The van der Waals surface area contributed by atoms with Crippen molar-refractivity contribution < 1.29 is 28.7 Å². The van der Waals surface area contributed by atoms with Crippen molar-refractivity contribution in [2.45, 2.75) is 39.8 Å². The average molecular weight is 455 g/mol. The second-order valence-electron chi connectivity index (χ2n) is 7.54. The monoisotopic (exact) mass is 454 g/mol. The highest BCUT2D eigenvalue weighted by Gasteiger charge is 2.29. The maximum atomic E-state index is 13.7. The predicted octanol–water partition coefficient (Wildman–Crippen LogP) is 3.31. The summed E-state index contributed by atoms with van der Waals surface area (Å²) in [6, 6.07) is 15.0. The molecule has 0 saturated heterocycles. The zero-order valence-electron chi connectivity index (χ0n) is 20.0. The number of benzene rings is 2. The third-order valence-corrected chi connectivity index (χ3v) is 5.12. The third-order valence-electron chi connectivity index (χ3n) is 5.12. The quantitative estimate of drug-likeness (QED) is 0.201. The van der Waals surface area contributed by atoms with Gasteiger partial charge in [0.25, 0.3) is 5.70 Å². The maximum absolute atomic E-state index is 13.7. The molecular formula is C26H34N2O5. The van der Waals surface area contributed by atoms with Crippen LogP contribution < -0.4 is 14.6 Å². The highest BCUT2D eigenvalue weighted by atomic mass is 16.6. The van der Waals surface area contributed by atoms with Crippen LogP contribution in [-0.2, 0) is 22.6 Å². The first-order valence-electron chi connectivity index (χ1n) is 11.1. The number of hydrogen-bond donors (Lipinski definition) is 0. The van der Waals surface area contributed by atoms with Crippen LogP contribution in [-0.4, -0.2) is 49.5 Å². The van der Waals surface area contributed by atoms with Crippen molar-refractivity contribution in [3.05, 3.63) is 71.3 Å². The summed E-state index contributed by atoms with van der Waals surface area (Å²) < 4.78 is 17.1. The molecule has 1 amide bonds. The van der Waals surface area contributed by atoms with Crippen molar-refractivity contribution in [3.8, 4) is 11.5 Å². The summed E-state index contributed by atoms with van der Waals surface area (Å²) in [5, 5.41) is 12.7. The first-order valence-corrected chi connectivity index (χ1v) is 11.1. The van der Waals surface area contributed by atoms with Gasteiger partial charge in [-0.2, -0.15) is 4.58 Å². The summed E-state index contributed by atoms with van der Waals surface area (Å²) >= 11 is 0. The van der Waals surface area contributed by atoms with Crippen molar-refractivity contribution in [1.82, 2.24) is 4.90 Å². The van der Waals surface area contributed by atoms with Crippen LogP contribution >= 0.6 is 0 Å². The molecule has 0 aliphatic rings. The smallest absolute Gasteiger partial charge is 0.321 e. The normalized spacial score (nSPS) is 11.4. The minimum atomic E-state index is -0.664. The number of methoxy groups -OCH3 is 2. The summed E-state index contributed by atoms with van der Waals surface area (Å²) in [6.45, 7) is 8.98. The number of amides is 1. The van der Waals surface area contributed by atoms with E-state index in [4.69, 9.17) is 14.2 Å². The molecule has 0 atom stereocenters. The summed E-state index contributed by atoms with van der Waals surface area (Å²) in [5.41, 5.74) is 1.75. The average Bonchev–Trinajstić information content (AvgIpc) is 2.83. The molecule has 0 aliphatic carbocycles. The lowest BCUT2D eigenvalue weighted by molar-refractivity contribution is -0.484. The minimum absolute atomic E-state index is 0.0627. The largest absolute Gasteiger partial charge is 0.609 e. The zero-order valence-corrected chi connectivity index (χ0v) is 20.0. The molecule has 0 radical (unpaired) electrons. The zero-order chi connectivity index (χ0) is 24.2. The molecule has 0 aliphatic heterocycles. The number of ether oxygens (including phenoxy) is 3. The van der Waals surface area contributed by atoms with Crippen LogP contribution in [0.3, 0.4) is 0 Å². The van der Waals surface area contributed by atoms with Gasteiger partial charge in [-0.3, -0.25) is 4.79 Å². The Morgan fingerprint density at radius 3 is 1.82 bits per heavy atom. The van der Waals surface area contributed by atoms with Gasteiger partial charge in [-0.05, 0) is 42.0 Å². The van der Waals surface area contributed by atoms with E-state index in [1.165, 1.54) is 4.58 Å². The molecule has 2 rings (SSSR count). The molecule has 2 aromatic carbocycles. The topological polar surface area (TPSA) is 74.1 Å². The Labute approximate surface area is 196 Å². The van der Waals surface area contributed by atoms with Crippen LogP contribution in [0.1, 0.15) is 37.8 Å². The Hall–Kier alpha value is -3.48. The lowest BCUT2D eigenvalue weighted by atomic mass is 10.1. The van der Waals surface area contributed by atoms with Crippen LogP contribution in [0.5, 0.6) is 11.5 Å². The van der Waals surface area contributed by atoms with Gasteiger partial charge in [-0.15, -0.1) is 0 Å². The SMILES string of the molecule is C=[N+](CCCC)/C(C(=O)N(Cc1ccc(OC)cc1)Cc1ccc(OC)cc1)=C(/[O-])OCC. The van der Waals surface area contributed by atoms with Crippen molar-refractivity contribution in [2.24, 2.45) is 0 Å².